The molecule has 3 heterocycles. The highest BCUT2D eigenvalue weighted by atomic mass is 16.5. The van der Waals surface area contributed by atoms with E-state index in [1.807, 2.05) is 31.3 Å². The molecular formula is C35H46N4O3. The third-order valence-corrected chi connectivity index (χ3v) is 10.0. The Bertz CT molecular complexity index is 1400. The maximum Gasteiger partial charge on any atom is 0.255 e. The standard InChI is InChI=1S/C35H46N4O3/c1-36-32-15-9-8-14-30(32)24-31(33(36)40)26-38(34(41)29-12-6-3-7-13-29)27-35(16-22-42-23-17-35)39-20-18-37(19-21-39)25-28-10-4-2-5-11-28/h2,4-5,8-11,14-15,24,29H,3,6-7,12-13,16-23,25-27H2,1H3. The van der Waals surface area contributed by atoms with Crippen LogP contribution in [0.3, 0.4) is 0 Å². The molecule has 7 nitrogen and oxygen atoms in total. The van der Waals surface area contributed by atoms with Crippen LogP contribution in [0.1, 0.15) is 56.1 Å². The summed E-state index contributed by atoms with van der Waals surface area (Å²) in [6, 6.07) is 20.7. The van der Waals surface area contributed by atoms with Crippen molar-refractivity contribution in [3.63, 3.8) is 0 Å². The van der Waals surface area contributed by atoms with Crippen molar-refractivity contribution in [3.8, 4) is 0 Å². The normalized spacial score (nSPS) is 20.5. The van der Waals surface area contributed by atoms with Gasteiger partial charge in [-0.25, -0.2) is 0 Å². The number of pyridine rings is 1. The first-order valence-electron chi connectivity index (χ1n) is 16.0. The van der Waals surface area contributed by atoms with E-state index in [9.17, 15) is 9.59 Å². The summed E-state index contributed by atoms with van der Waals surface area (Å²) in [6.07, 6.45) is 7.18. The van der Waals surface area contributed by atoms with Gasteiger partial charge >= 0.3 is 0 Å². The summed E-state index contributed by atoms with van der Waals surface area (Å²) >= 11 is 0. The Hall–Kier alpha value is -3.00. The Morgan fingerprint density at radius 1 is 0.929 bits per heavy atom. The summed E-state index contributed by atoms with van der Waals surface area (Å²) in [5, 5.41) is 1.04. The van der Waals surface area contributed by atoms with Crippen molar-refractivity contribution in [3.05, 3.63) is 82.1 Å². The molecule has 1 saturated carbocycles. The van der Waals surface area contributed by atoms with Crippen molar-refractivity contribution in [1.82, 2.24) is 19.3 Å². The van der Waals surface area contributed by atoms with Gasteiger partial charge in [-0.3, -0.25) is 19.4 Å². The number of nitrogens with zero attached hydrogens (tertiary/aromatic N) is 4. The molecule has 0 bridgehead atoms. The smallest absolute Gasteiger partial charge is 0.255 e. The molecule has 0 unspecified atom stereocenters. The zero-order valence-corrected chi connectivity index (χ0v) is 25.2. The molecule has 2 saturated heterocycles. The molecule has 3 aromatic rings. The molecule has 7 heteroatoms. The Labute approximate surface area is 250 Å². The number of piperazine rings is 1. The summed E-state index contributed by atoms with van der Waals surface area (Å²) in [7, 11) is 1.84. The monoisotopic (exact) mass is 570 g/mol. The number of rotatable bonds is 8. The molecule has 42 heavy (non-hydrogen) atoms. The lowest BCUT2D eigenvalue weighted by Gasteiger charge is -2.51. The summed E-state index contributed by atoms with van der Waals surface area (Å²) in [6.45, 7) is 7.41. The number of amides is 1. The quantitative estimate of drug-likeness (QED) is 0.389. The van der Waals surface area contributed by atoms with Gasteiger partial charge < -0.3 is 14.2 Å². The van der Waals surface area contributed by atoms with Crippen molar-refractivity contribution in [2.24, 2.45) is 13.0 Å². The molecule has 224 valence electrons. The topological polar surface area (TPSA) is 58.0 Å². The lowest BCUT2D eigenvalue weighted by atomic mass is 9.84. The lowest BCUT2D eigenvalue weighted by molar-refractivity contribution is -0.142. The molecule has 3 fully saturated rings. The number of carbonyl (C=O) groups excluding carboxylic acids is 1. The number of carbonyl (C=O) groups is 1. The molecule has 6 rings (SSSR count). The summed E-state index contributed by atoms with van der Waals surface area (Å²) < 4.78 is 7.62. The van der Waals surface area contributed by atoms with Crippen LogP contribution < -0.4 is 5.56 Å². The van der Waals surface area contributed by atoms with Crippen molar-refractivity contribution in [1.29, 1.82) is 0 Å². The van der Waals surface area contributed by atoms with Crippen LogP contribution in [0.15, 0.2) is 65.5 Å². The van der Waals surface area contributed by atoms with Crippen molar-refractivity contribution < 1.29 is 9.53 Å². The van der Waals surface area contributed by atoms with Gasteiger partial charge in [-0.2, -0.15) is 0 Å². The molecule has 1 amide bonds. The molecule has 0 N–H and O–H groups in total. The molecule has 0 spiro atoms. The van der Waals surface area contributed by atoms with Crippen molar-refractivity contribution in [2.75, 3.05) is 45.9 Å². The van der Waals surface area contributed by atoms with Gasteiger partial charge in [-0.15, -0.1) is 0 Å². The van der Waals surface area contributed by atoms with Gasteiger partial charge in [0.15, 0.2) is 0 Å². The average Bonchev–Trinajstić information content (AvgIpc) is 3.04. The number of benzene rings is 2. The van der Waals surface area contributed by atoms with Gasteiger partial charge in [0.1, 0.15) is 0 Å². The second-order valence-corrected chi connectivity index (χ2v) is 12.7. The number of hydrogen-bond donors (Lipinski definition) is 0. The van der Waals surface area contributed by atoms with Gasteiger partial charge in [-0.05, 0) is 48.8 Å². The van der Waals surface area contributed by atoms with Crippen LogP contribution >= 0.6 is 0 Å². The van der Waals surface area contributed by atoms with Gasteiger partial charge in [0.05, 0.1) is 12.1 Å². The molecular weight excluding hydrogens is 524 g/mol. The highest BCUT2D eigenvalue weighted by Crippen LogP contribution is 2.33. The van der Waals surface area contributed by atoms with Gasteiger partial charge in [0.2, 0.25) is 5.91 Å². The summed E-state index contributed by atoms with van der Waals surface area (Å²) in [5.41, 5.74) is 2.84. The van der Waals surface area contributed by atoms with Crippen LogP contribution in [0.5, 0.6) is 0 Å². The maximum atomic E-state index is 14.3. The van der Waals surface area contributed by atoms with E-state index >= 15 is 0 Å². The van der Waals surface area contributed by atoms with Gasteiger partial charge in [0, 0.05) is 76.6 Å². The molecule has 2 aromatic carbocycles. The fourth-order valence-electron chi connectivity index (χ4n) is 7.53. The molecule has 0 radical (unpaired) electrons. The lowest BCUT2D eigenvalue weighted by Crippen LogP contribution is -2.63. The highest BCUT2D eigenvalue weighted by Gasteiger charge is 2.43. The fraction of sp³-hybridized carbons (Fsp3) is 0.543. The molecule has 0 atom stereocenters. The van der Waals surface area contributed by atoms with E-state index in [0.29, 0.717) is 31.9 Å². The van der Waals surface area contributed by atoms with E-state index in [1.54, 1.807) is 4.57 Å². The number of para-hydroxylation sites is 1. The summed E-state index contributed by atoms with van der Waals surface area (Å²) in [4.78, 5) is 35.1. The Morgan fingerprint density at radius 3 is 2.36 bits per heavy atom. The Kier molecular flexibility index (Phi) is 9.08. The predicted octanol–water partition coefficient (Wildman–Crippen LogP) is 4.81. The van der Waals surface area contributed by atoms with Crippen LogP contribution in [-0.4, -0.2) is 76.7 Å². The molecule has 2 aliphatic heterocycles. The fourth-order valence-corrected chi connectivity index (χ4v) is 7.53. The number of ether oxygens (including phenoxy) is 1. The van der Waals surface area contributed by atoms with Crippen LogP contribution in [0.2, 0.25) is 0 Å². The first-order valence-corrected chi connectivity index (χ1v) is 16.0. The van der Waals surface area contributed by atoms with Crippen molar-refractivity contribution >= 4 is 16.8 Å². The van der Waals surface area contributed by atoms with E-state index in [1.165, 1.54) is 12.0 Å². The third kappa shape index (κ3) is 6.34. The highest BCUT2D eigenvalue weighted by molar-refractivity contribution is 5.81. The van der Waals surface area contributed by atoms with Gasteiger partial charge in [-0.1, -0.05) is 67.8 Å². The van der Waals surface area contributed by atoms with Crippen LogP contribution in [0.4, 0.5) is 0 Å². The first kappa shape index (κ1) is 29.1. The largest absolute Gasteiger partial charge is 0.381 e. The second kappa shape index (κ2) is 13.1. The minimum Gasteiger partial charge on any atom is -0.381 e. The zero-order chi connectivity index (χ0) is 28.9. The Morgan fingerprint density at radius 2 is 1.62 bits per heavy atom. The van der Waals surface area contributed by atoms with Crippen LogP contribution in [-0.2, 0) is 29.7 Å². The van der Waals surface area contributed by atoms with E-state index in [2.05, 4.69) is 51.1 Å². The second-order valence-electron chi connectivity index (χ2n) is 12.7. The van der Waals surface area contributed by atoms with E-state index < -0.39 is 0 Å². The average molecular weight is 571 g/mol. The molecule has 1 aromatic heterocycles. The van der Waals surface area contributed by atoms with E-state index in [0.717, 1.165) is 82.2 Å². The van der Waals surface area contributed by atoms with Gasteiger partial charge in [0.25, 0.3) is 5.56 Å². The third-order valence-electron chi connectivity index (χ3n) is 10.0. The van der Waals surface area contributed by atoms with E-state index in [-0.39, 0.29) is 22.9 Å². The van der Waals surface area contributed by atoms with Crippen molar-refractivity contribution in [2.45, 2.75) is 63.6 Å². The maximum absolute atomic E-state index is 14.3. The Balaban J connectivity index is 1.26. The minimum absolute atomic E-state index is 0.00861. The number of hydrogen-bond acceptors (Lipinski definition) is 5. The molecule has 3 aliphatic rings. The molecule has 1 aliphatic carbocycles. The number of aromatic nitrogens is 1. The van der Waals surface area contributed by atoms with E-state index in [4.69, 9.17) is 4.74 Å². The van der Waals surface area contributed by atoms with Crippen LogP contribution in [0, 0.1) is 5.92 Å². The zero-order valence-electron chi connectivity index (χ0n) is 25.2. The summed E-state index contributed by atoms with van der Waals surface area (Å²) in [5.74, 6) is 0.293. The number of fused-ring (bicyclic) bond motifs is 1. The van der Waals surface area contributed by atoms with Crippen LogP contribution in [0.25, 0.3) is 10.9 Å². The number of aryl methyl sites for hydroxylation is 1. The minimum atomic E-state index is -0.135. The SMILES string of the molecule is Cn1c(=O)c(CN(CC2(N3CCN(Cc4ccccc4)CC3)CCOCC2)C(=O)C2CCCCC2)cc2ccccc21. The predicted molar refractivity (Wildman–Crippen MR) is 167 cm³/mol. The first-order chi connectivity index (χ1) is 20.5.